The highest BCUT2D eigenvalue weighted by molar-refractivity contribution is 6.35. The Labute approximate surface area is 106 Å². The van der Waals surface area contributed by atoms with Crippen LogP contribution < -0.4 is 0 Å². The molecule has 0 radical (unpaired) electrons. The Bertz CT molecular complexity index is 378. The van der Waals surface area contributed by atoms with Crippen molar-refractivity contribution in [3.8, 4) is 6.07 Å². The summed E-state index contributed by atoms with van der Waals surface area (Å²) in [6.45, 7) is 2.66. The Balaban J connectivity index is 2.77. The normalized spacial score (nSPS) is 12.5. The van der Waals surface area contributed by atoms with Gasteiger partial charge in [-0.15, -0.1) is 0 Å². The van der Waals surface area contributed by atoms with Gasteiger partial charge in [-0.25, -0.2) is 0 Å². The van der Waals surface area contributed by atoms with Crippen LogP contribution in [0.3, 0.4) is 0 Å². The van der Waals surface area contributed by atoms with Crippen molar-refractivity contribution in [2.75, 3.05) is 7.05 Å². The third-order valence-electron chi connectivity index (χ3n) is 2.61. The van der Waals surface area contributed by atoms with E-state index in [0.29, 0.717) is 23.0 Å². The van der Waals surface area contributed by atoms with Gasteiger partial charge in [-0.3, -0.25) is 4.90 Å². The minimum absolute atomic E-state index is 0.192. The van der Waals surface area contributed by atoms with E-state index in [1.807, 2.05) is 32.2 Å². The molecule has 1 aromatic rings. The number of benzene rings is 1. The Morgan fingerprint density at radius 3 is 2.44 bits per heavy atom. The highest BCUT2D eigenvalue weighted by Crippen LogP contribution is 2.25. The maximum absolute atomic E-state index is 8.63. The van der Waals surface area contributed by atoms with Crippen molar-refractivity contribution in [1.29, 1.82) is 5.26 Å². The topological polar surface area (TPSA) is 27.0 Å². The fourth-order valence-corrected chi connectivity index (χ4v) is 1.89. The molecule has 0 N–H and O–H groups in total. The van der Waals surface area contributed by atoms with E-state index in [1.54, 1.807) is 0 Å². The van der Waals surface area contributed by atoms with Crippen LogP contribution in [0.4, 0.5) is 0 Å². The van der Waals surface area contributed by atoms with Crippen molar-refractivity contribution in [1.82, 2.24) is 4.90 Å². The minimum Gasteiger partial charge on any atom is -0.298 e. The lowest BCUT2D eigenvalue weighted by atomic mass is 10.1. The molecule has 0 aliphatic carbocycles. The standard InChI is InChI=1S/C12H14Cl2N2/c1-9(6-7-15)16(2)8-10-11(13)4-3-5-12(10)14/h3-5,9H,6,8H2,1-2H3. The predicted molar refractivity (Wildman–Crippen MR) is 67.6 cm³/mol. The highest BCUT2D eigenvalue weighted by atomic mass is 35.5. The molecule has 0 amide bonds. The summed E-state index contributed by atoms with van der Waals surface area (Å²) in [6, 6.07) is 7.82. The van der Waals surface area contributed by atoms with Crippen molar-refractivity contribution in [3.05, 3.63) is 33.8 Å². The first-order valence-corrected chi connectivity index (χ1v) is 5.82. The summed E-state index contributed by atoms with van der Waals surface area (Å²) in [6.07, 6.45) is 0.499. The van der Waals surface area contributed by atoms with Crippen molar-refractivity contribution in [3.63, 3.8) is 0 Å². The van der Waals surface area contributed by atoms with E-state index in [0.717, 1.165) is 5.56 Å². The molecule has 1 unspecified atom stereocenters. The van der Waals surface area contributed by atoms with Gasteiger partial charge in [-0.2, -0.15) is 5.26 Å². The zero-order valence-corrected chi connectivity index (χ0v) is 10.9. The van der Waals surface area contributed by atoms with E-state index in [4.69, 9.17) is 28.5 Å². The molecule has 0 aliphatic heterocycles. The maximum atomic E-state index is 8.63. The molecule has 4 heteroatoms. The molecule has 1 aromatic carbocycles. The Morgan fingerprint density at radius 1 is 1.38 bits per heavy atom. The predicted octanol–water partition coefficient (Wildman–Crippen LogP) is 3.73. The SMILES string of the molecule is CC(CC#N)N(C)Cc1c(Cl)cccc1Cl. The van der Waals surface area contributed by atoms with Crippen LogP contribution in [0.1, 0.15) is 18.9 Å². The fraction of sp³-hybridized carbons (Fsp3) is 0.417. The van der Waals surface area contributed by atoms with Crippen LogP contribution in [-0.2, 0) is 6.54 Å². The van der Waals surface area contributed by atoms with Gasteiger partial charge in [0.15, 0.2) is 0 Å². The molecule has 0 saturated heterocycles. The molecule has 0 saturated carbocycles. The molecular weight excluding hydrogens is 243 g/mol. The summed E-state index contributed by atoms with van der Waals surface area (Å²) < 4.78 is 0. The monoisotopic (exact) mass is 256 g/mol. The van der Waals surface area contributed by atoms with E-state index in [-0.39, 0.29) is 6.04 Å². The molecule has 0 bridgehead atoms. The zero-order valence-electron chi connectivity index (χ0n) is 9.37. The highest BCUT2D eigenvalue weighted by Gasteiger charge is 2.13. The maximum Gasteiger partial charge on any atom is 0.0638 e. The summed E-state index contributed by atoms with van der Waals surface area (Å²) in [5.74, 6) is 0. The van der Waals surface area contributed by atoms with Crippen LogP contribution in [-0.4, -0.2) is 18.0 Å². The molecule has 0 aliphatic rings. The van der Waals surface area contributed by atoms with Gasteiger partial charge < -0.3 is 0 Å². The average Bonchev–Trinajstić information content (AvgIpc) is 2.23. The van der Waals surface area contributed by atoms with E-state index < -0.39 is 0 Å². The third kappa shape index (κ3) is 3.38. The summed E-state index contributed by atoms with van der Waals surface area (Å²) in [7, 11) is 1.96. The third-order valence-corrected chi connectivity index (χ3v) is 3.32. The first-order chi connectivity index (χ1) is 7.56. The van der Waals surface area contributed by atoms with Gasteiger partial charge in [0.25, 0.3) is 0 Å². The Hall–Kier alpha value is -0.750. The lowest BCUT2D eigenvalue weighted by Gasteiger charge is -2.23. The van der Waals surface area contributed by atoms with Gasteiger partial charge in [0.2, 0.25) is 0 Å². The molecule has 2 nitrogen and oxygen atoms in total. The van der Waals surface area contributed by atoms with Crippen molar-refractivity contribution < 1.29 is 0 Å². The second-order valence-corrected chi connectivity index (χ2v) is 4.64. The molecule has 86 valence electrons. The number of nitriles is 1. The van der Waals surface area contributed by atoms with Gasteiger partial charge in [0, 0.05) is 28.2 Å². The van der Waals surface area contributed by atoms with Gasteiger partial charge >= 0.3 is 0 Å². The van der Waals surface area contributed by atoms with Crippen LogP contribution in [0.2, 0.25) is 10.0 Å². The van der Waals surface area contributed by atoms with E-state index in [9.17, 15) is 0 Å². The molecule has 16 heavy (non-hydrogen) atoms. The van der Waals surface area contributed by atoms with E-state index >= 15 is 0 Å². The second-order valence-electron chi connectivity index (χ2n) is 3.83. The Morgan fingerprint density at radius 2 is 1.94 bits per heavy atom. The van der Waals surface area contributed by atoms with Crippen molar-refractivity contribution in [2.24, 2.45) is 0 Å². The van der Waals surface area contributed by atoms with Crippen LogP contribution in [0.25, 0.3) is 0 Å². The molecule has 1 atom stereocenters. The smallest absolute Gasteiger partial charge is 0.0638 e. The molecule has 1 rings (SSSR count). The van der Waals surface area contributed by atoms with Gasteiger partial charge in [-0.1, -0.05) is 29.3 Å². The number of hydrogen-bond donors (Lipinski definition) is 0. The van der Waals surface area contributed by atoms with Gasteiger partial charge in [0.1, 0.15) is 0 Å². The van der Waals surface area contributed by atoms with Crippen LogP contribution >= 0.6 is 23.2 Å². The summed E-state index contributed by atoms with van der Waals surface area (Å²) >= 11 is 12.2. The van der Waals surface area contributed by atoms with E-state index in [2.05, 4.69) is 11.0 Å². The molecule has 0 heterocycles. The van der Waals surface area contributed by atoms with E-state index in [1.165, 1.54) is 0 Å². The largest absolute Gasteiger partial charge is 0.298 e. The van der Waals surface area contributed by atoms with Crippen LogP contribution in [0.5, 0.6) is 0 Å². The van der Waals surface area contributed by atoms with Gasteiger partial charge in [-0.05, 0) is 26.1 Å². The number of rotatable bonds is 4. The average molecular weight is 257 g/mol. The number of halogens is 2. The zero-order chi connectivity index (χ0) is 12.1. The first kappa shape index (κ1) is 13.3. The molecular formula is C12H14Cl2N2. The summed E-state index contributed by atoms with van der Waals surface area (Å²) in [4.78, 5) is 2.07. The summed E-state index contributed by atoms with van der Waals surface area (Å²) in [5.41, 5.74) is 0.915. The van der Waals surface area contributed by atoms with Gasteiger partial charge in [0.05, 0.1) is 12.5 Å². The van der Waals surface area contributed by atoms with Crippen molar-refractivity contribution in [2.45, 2.75) is 25.9 Å². The van der Waals surface area contributed by atoms with Crippen molar-refractivity contribution >= 4 is 23.2 Å². The Kier molecular flexibility index (Phi) is 5.08. The number of nitrogens with zero attached hydrogens (tertiary/aromatic N) is 2. The molecule has 0 aromatic heterocycles. The van der Waals surface area contributed by atoms with Crippen LogP contribution in [0.15, 0.2) is 18.2 Å². The summed E-state index contributed by atoms with van der Waals surface area (Å²) in [5, 5.41) is 9.97. The molecule has 0 fully saturated rings. The minimum atomic E-state index is 0.192. The quantitative estimate of drug-likeness (QED) is 0.821. The number of hydrogen-bond acceptors (Lipinski definition) is 2. The molecule has 0 spiro atoms. The lowest BCUT2D eigenvalue weighted by molar-refractivity contribution is 0.252. The van der Waals surface area contributed by atoms with Crippen LogP contribution in [0, 0.1) is 11.3 Å². The lowest BCUT2D eigenvalue weighted by Crippen LogP contribution is -2.28. The first-order valence-electron chi connectivity index (χ1n) is 5.06. The second kappa shape index (κ2) is 6.10. The fourth-order valence-electron chi connectivity index (χ4n) is 1.38.